The summed E-state index contributed by atoms with van der Waals surface area (Å²) in [6.07, 6.45) is 0.239. The number of fused-ring (bicyclic) bond motifs is 1. The second-order valence-corrected chi connectivity index (χ2v) is 9.25. The lowest BCUT2D eigenvalue weighted by molar-refractivity contribution is -0.0502. The van der Waals surface area contributed by atoms with Crippen molar-refractivity contribution < 1.29 is 4.74 Å². The number of nitrogens with zero attached hydrogens (tertiary/aromatic N) is 5. The van der Waals surface area contributed by atoms with Crippen LogP contribution in [0.4, 0.5) is 0 Å². The Hall–Kier alpha value is -1.65. The SMILES string of the molecule is CCNC(=NCC(C)Cn1nc(C)cc1C)N1CC2OCCN(Cc3ccccc3)C2C1.I. The lowest BCUT2D eigenvalue weighted by Gasteiger charge is -2.36. The van der Waals surface area contributed by atoms with E-state index >= 15 is 0 Å². The Morgan fingerprint density at radius 3 is 2.73 bits per heavy atom. The first kappa shape index (κ1) is 26.0. The lowest BCUT2D eigenvalue weighted by atomic mass is 10.1. The van der Waals surface area contributed by atoms with Crippen molar-refractivity contribution in [2.24, 2.45) is 10.9 Å². The highest BCUT2D eigenvalue weighted by Crippen LogP contribution is 2.24. The molecule has 1 aromatic heterocycles. The van der Waals surface area contributed by atoms with Crippen LogP contribution in [0.5, 0.6) is 0 Å². The Kier molecular flexibility index (Phi) is 9.57. The Labute approximate surface area is 215 Å². The number of aryl methyl sites for hydroxylation is 2. The van der Waals surface area contributed by atoms with Gasteiger partial charge in [-0.3, -0.25) is 14.6 Å². The molecular formula is C25H39IN6O. The number of likely N-dealkylation sites (tertiary alicyclic amines) is 1. The highest BCUT2D eigenvalue weighted by atomic mass is 127. The quantitative estimate of drug-likeness (QED) is 0.317. The molecule has 182 valence electrons. The molecule has 0 aliphatic carbocycles. The number of guanidine groups is 1. The molecule has 2 aromatic rings. The van der Waals surface area contributed by atoms with Crippen molar-refractivity contribution in [2.45, 2.75) is 52.9 Å². The largest absolute Gasteiger partial charge is 0.373 e. The zero-order chi connectivity index (χ0) is 22.5. The lowest BCUT2D eigenvalue weighted by Crippen LogP contribution is -2.50. The highest BCUT2D eigenvalue weighted by Gasteiger charge is 2.41. The van der Waals surface area contributed by atoms with Crippen LogP contribution in [0.25, 0.3) is 0 Å². The normalized spacial score (nSPS) is 22.1. The topological polar surface area (TPSA) is 57.9 Å². The minimum absolute atomic E-state index is 0. The van der Waals surface area contributed by atoms with Gasteiger partial charge in [0.25, 0.3) is 0 Å². The van der Waals surface area contributed by atoms with Gasteiger partial charge in [0.1, 0.15) is 0 Å². The van der Waals surface area contributed by atoms with Gasteiger partial charge in [-0.15, -0.1) is 24.0 Å². The summed E-state index contributed by atoms with van der Waals surface area (Å²) >= 11 is 0. The summed E-state index contributed by atoms with van der Waals surface area (Å²) in [7, 11) is 0. The predicted molar refractivity (Wildman–Crippen MR) is 144 cm³/mol. The van der Waals surface area contributed by atoms with E-state index in [-0.39, 0.29) is 30.1 Å². The molecule has 3 heterocycles. The van der Waals surface area contributed by atoms with E-state index in [1.54, 1.807) is 0 Å². The fraction of sp³-hybridized carbons (Fsp3) is 0.600. The van der Waals surface area contributed by atoms with Crippen molar-refractivity contribution >= 4 is 29.9 Å². The van der Waals surface area contributed by atoms with Crippen LogP contribution < -0.4 is 5.32 Å². The monoisotopic (exact) mass is 566 g/mol. The number of ether oxygens (including phenoxy) is 1. The smallest absolute Gasteiger partial charge is 0.194 e. The zero-order valence-corrected chi connectivity index (χ0v) is 22.7. The highest BCUT2D eigenvalue weighted by molar-refractivity contribution is 14.0. The summed E-state index contributed by atoms with van der Waals surface area (Å²) in [5.41, 5.74) is 3.65. The van der Waals surface area contributed by atoms with Crippen LogP contribution in [0, 0.1) is 19.8 Å². The number of nitrogens with one attached hydrogen (secondary N) is 1. The summed E-state index contributed by atoms with van der Waals surface area (Å²) in [6.45, 7) is 15.7. The van der Waals surface area contributed by atoms with Gasteiger partial charge < -0.3 is 15.0 Å². The van der Waals surface area contributed by atoms with Gasteiger partial charge in [0.15, 0.2) is 5.96 Å². The molecule has 3 atom stereocenters. The van der Waals surface area contributed by atoms with Gasteiger partial charge in [0, 0.05) is 51.5 Å². The van der Waals surface area contributed by atoms with Gasteiger partial charge in [-0.25, -0.2) is 0 Å². The molecule has 2 saturated heterocycles. The van der Waals surface area contributed by atoms with Gasteiger partial charge >= 0.3 is 0 Å². The molecule has 0 bridgehead atoms. The molecule has 8 heteroatoms. The summed E-state index contributed by atoms with van der Waals surface area (Å²) in [4.78, 5) is 9.98. The van der Waals surface area contributed by atoms with E-state index in [0.717, 1.165) is 64.1 Å². The maximum atomic E-state index is 6.17. The minimum Gasteiger partial charge on any atom is -0.373 e. The average Bonchev–Trinajstić information content (AvgIpc) is 3.35. The van der Waals surface area contributed by atoms with E-state index in [1.807, 2.05) is 6.92 Å². The van der Waals surface area contributed by atoms with E-state index < -0.39 is 0 Å². The minimum atomic E-state index is 0. The van der Waals surface area contributed by atoms with Gasteiger partial charge in [-0.2, -0.15) is 5.10 Å². The fourth-order valence-corrected chi connectivity index (χ4v) is 4.83. The number of aliphatic imine (C=N–C) groups is 1. The van der Waals surface area contributed by atoms with Gasteiger partial charge in [0.05, 0.1) is 24.4 Å². The molecule has 1 N–H and O–H groups in total. The second-order valence-electron chi connectivity index (χ2n) is 9.25. The number of aromatic nitrogens is 2. The molecule has 0 saturated carbocycles. The van der Waals surface area contributed by atoms with E-state index in [9.17, 15) is 0 Å². The first-order chi connectivity index (χ1) is 15.5. The first-order valence-electron chi connectivity index (χ1n) is 12.0. The maximum absolute atomic E-state index is 6.17. The Morgan fingerprint density at radius 2 is 2.03 bits per heavy atom. The zero-order valence-electron chi connectivity index (χ0n) is 20.4. The molecular weight excluding hydrogens is 527 g/mol. The van der Waals surface area contributed by atoms with Crippen LogP contribution in [0.2, 0.25) is 0 Å². The summed E-state index contributed by atoms with van der Waals surface area (Å²) in [5, 5.41) is 8.12. The van der Waals surface area contributed by atoms with Crippen LogP contribution in [0.15, 0.2) is 41.4 Å². The number of morpholine rings is 1. The van der Waals surface area contributed by atoms with Crippen molar-refractivity contribution in [1.29, 1.82) is 0 Å². The molecule has 2 aliphatic heterocycles. The number of rotatable bonds is 7. The molecule has 0 spiro atoms. The van der Waals surface area contributed by atoms with Crippen molar-refractivity contribution in [3.8, 4) is 0 Å². The summed E-state index contributed by atoms with van der Waals surface area (Å²) in [6, 6.07) is 13.3. The Morgan fingerprint density at radius 1 is 1.24 bits per heavy atom. The average molecular weight is 567 g/mol. The third kappa shape index (κ3) is 6.70. The Bertz CT molecular complexity index is 902. The molecule has 4 rings (SSSR count). The fourth-order valence-electron chi connectivity index (χ4n) is 4.83. The molecule has 7 nitrogen and oxygen atoms in total. The summed E-state index contributed by atoms with van der Waals surface area (Å²) < 4.78 is 8.27. The van der Waals surface area contributed by atoms with E-state index in [2.05, 4.69) is 82.1 Å². The van der Waals surface area contributed by atoms with Crippen LogP contribution in [-0.4, -0.2) is 77.0 Å². The number of benzene rings is 1. The van der Waals surface area contributed by atoms with Crippen molar-refractivity contribution in [3.63, 3.8) is 0 Å². The van der Waals surface area contributed by atoms with Crippen LogP contribution in [0.1, 0.15) is 30.8 Å². The van der Waals surface area contributed by atoms with Crippen molar-refractivity contribution in [1.82, 2.24) is 24.9 Å². The molecule has 0 radical (unpaired) electrons. The molecule has 2 fully saturated rings. The molecule has 33 heavy (non-hydrogen) atoms. The van der Waals surface area contributed by atoms with Crippen LogP contribution in [-0.2, 0) is 17.8 Å². The van der Waals surface area contributed by atoms with Crippen LogP contribution in [0.3, 0.4) is 0 Å². The maximum Gasteiger partial charge on any atom is 0.194 e. The third-order valence-corrected chi connectivity index (χ3v) is 6.42. The van der Waals surface area contributed by atoms with Crippen LogP contribution >= 0.6 is 24.0 Å². The summed E-state index contributed by atoms with van der Waals surface area (Å²) in [5.74, 6) is 1.42. The number of hydrogen-bond acceptors (Lipinski definition) is 4. The molecule has 3 unspecified atom stereocenters. The van der Waals surface area contributed by atoms with E-state index in [1.165, 1.54) is 11.3 Å². The molecule has 1 aromatic carbocycles. The van der Waals surface area contributed by atoms with E-state index in [0.29, 0.717) is 12.0 Å². The van der Waals surface area contributed by atoms with Gasteiger partial charge in [-0.05, 0) is 38.3 Å². The standard InChI is InChI=1S/C25H38N6O.HI/c1-5-26-25(27-14-19(2)15-31-21(4)13-20(3)28-31)30-17-23-24(18-30)32-12-11-29(23)16-22-9-7-6-8-10-22;/h6-10,13,19,23-24H,5,11-12,14-18H2,1-4H3,(H,26,27);1H. The van der Waals surface area contributed by atoms with E-state index in [4.69, 9.17) is 9.73 Å². The van der Waals surface area contributed by atoms with Crippen molar-refractivity contribution in [3.05, 3.63) is 53.3 Å². The Balaban J connectivity index is 0.00000306. The van der Waals surface area contributed by atoms with Gasteiger partial charge in [0.2, 0.25) is 0 Å². The van der Waals surface area contributed by atoms with Gasteiger partial charge in [-0.1, -0.05) is 37.3 Å². The molecule has 2 aliphatic rings. The van der Waals surface area contributed by atoms with Crippen molar-refractivity contribution in [2.75, 3.05) is 39.3 Å². The number of halogens is 1. The second kappa shape index (κ2) is 12.2. The molecule has 0 amide bonds. The predicted octanol–water partition coefficient (Wildman–Crippen LogP) is 3.30. The third-order valence-electron chi connectivity index (χ3n) is 6.42. The number of hydrogen-bond donors (Lipinski definition) is 1. The first-order valence-corrected chi connectivity index (χ1v) is 12.0.